The van der Waals surface area contributed by atoms with Crippen molar-refractivity contribution in [3.8, 4) is 5.75 Å². The molecule has 0 fully saturated rings. The molecular weight excluding hydrogens is 279 g/mol. The highest BCUT2D eigenvalue weighted by atomic mass is 31.2. The van der Waals surface area contributed by atoms with Crippen LogP contribution in [0.4, 0.5) is 0 Å². The normalized spacial score (nSPS) is 10.8. The predicted octanol–water partition coefficient (Wildman–Crippen LogP) is 2.81. The van der Waals surface area contributed by atoms with E-state index < -0.39 is 7.82 Å². The number of ether oxygens (including phenoxy) is 1. The standard InChI is InChI=1S/C14H12O.H3O4P/c1-3-7-13(8-4-1)11-12-15-14-9-5-2-6-10-14;1-5(2,3)4/h1-12H;(H3,1,2,3,4)/b12-11+;. The molecule has 0 bridgehead atoms. The Labute approximate surface area is 117 Å². The minimum atomic E-state index is -4.64. The molecule has 0 aliphatic heterocycles. The highest BCUT2D eigenvalue weighted by molar-refractivity contribution is 7.45. The van der Waals surface area contributed by atoms with Gasteiger partial charge < -0.3 is 19.4 Å². The molecule has 20 heavy (non-hydrogen) atoms. The summed E-state index contributed by atoms with van der Waals surface area (Å²) in [6, 6.07) is 19.8. The van der Waals surface area contributed by atoms with Gasteiger partial charge in [0.1, 0.15) is 5.75 Å². The first-order valence-electron chi connectivity index (χ1n) is 5.67. The van der Waals surface area contributed by atoms with E-state index in [1.54, 1.807) is 6.26 Å². The summed E-state index contributed by atoms with van der Waals surface area (Å²) in [6.07, 6.45) is 3.64. The second-order valence-electron chi connectivity index (χ2n) is 3.66. The van der Waals surface area contributed by atoms with Crippen LogP contribution in [-0.4, -0.2) is 14.7 Å². The summed E-state index contributed by atoms with van der Waals surface area (Å²) >= 11 is 0. The highest BCUT2D eigenvalue weighted by Crippen LogP contribution is 2.25. The van der Waals surface area contributed by atoms with Gasteiger partial charge in [0.25, 0.3) is 0 Å². The molecule has 6 heteroatoms. The van der Waals surface area contributed by atoms with Gasteiger partial charge in [-0.3, -0.25) is 0 Å². The molecule has 0 heterocycles. The van der Waals surface area contributed by atoms with Gasteiger partial charge in [-0.25, -0.2) is 4.57 Å². The van der Waals surface area contributed by atoms with Crippen LogP contribution in [0.1, 0.15) is 5.56 Å². The van der Waals surface area contributed by atoms with Gasteiger partial charge >= 0.3 is 7.82 Å². The predicted molar refractivity (Wildman–Crippen MR) is 76.8 cm³/mol. The lowest BCUT2D eigenvalue weighted by Gasteiger charge is -1.98. The van der Waals surface area contributed by atoms with Gasteiger partial charge in [-0.1, -0.05) is 48.5 Å². The lowest BCUT2D eigenvalue weighted by molar-refractivity contribution is 0.275. The van der Waals surface area contributed by atoms with Crippen molar-refractivity contribution >= 4 is 13.9 Å². The summed E-state index contributed by atoms with van der Waals surface area (Å²) in [6.45, 7) is 0. The van der Waals surface area contributed by atoms with Crippen molar-refractivity contribution in [3.63, 3.8) is 0 Å². The maximum Gasteiger partial charge on any atom is 0.466 e. The van der Waals surface area contributed by atoms with Crippen molar-refractivity contribution in [2.45, 2.75) is 0 Å². The maximum atomic E-state index is 8.88. The largest absolute Gasteiger partial charge is 0.466 e. The summed E-state index contributed by atoms with van der Waals surface area (Å²) in [5, 5.41) is 0. The lowest BCUT2D eigenvalue weighted by atomic mass is 10.2. The van der Waals surface area contributed by atoms with Gasteiger partial charge in [0, 0.05) is 0 Å². The summed E-state index contributed by atoms with van der Waals surface area (Å²) < 4.78 is 14.3. The quantitative estimate of drug-likeness (QED) is 0.598. The molecule has 0 saturated heterocycles. The zero-order valence-corrected chi connectivity index (χ0v) is 11.4. The zero-order valence-electron chi connectivity index (χ0n) is 10.5. The van der Waals surface area contributed by atoms with Crippen LogP contribution in [0.2, 0.25) is 0 Å². The van der Waals surface area contributed by atoms with E-state index in [4.69, 9.17) is 24.0 Å². The number of hydrogen-bond donors (Lipinski definition) is 3. The van der Waals surface area contributed by atoms with Crippen LogP contribution in [0.25, 0.3) is 6.08 Å². The topological polar surface area (TPSA) is 87.0 Å². The van der Waals surface area contributed by atoms with Crippen LogP contribution in [0, 0.1) is 0 Å². The van der Waals surface area contributed by atoms with E-state index >= 15 is 0 Å². The van der Waals surface area contributed by atoms with Crippen molar-refractivity contribution in [1.82, 2.24) is 0 Å². The molecule has 0 saturated carbocycles. The van der Waals surface area contributed by atoms with E-state index in [0.717, 1.165) is 11.3 Å². The van der Waals surface area contributed by atoms with Gasteiger partial charge in [0.05, 0.1) is 6.26 Å². The van der Waals surface area contributed by atoms with E-state index in [0.29, 0.717) is 0 Å². The Kier molecular flexibility index (Phi) is 6.70. The summed E-state index contributed by atoms with van der Waals surface area (Å²) in [4.78, 5) is 21.6. The smallest absolute Gasteiger partial charge is 0.465 e. The van der Waals surface area contributed by atoms with Gasteiger partial charge in [-0.15, -0.1) is 0 Å². The monoisotopic (exact) mass is 294 g/mol. The molecule has 2 aromatic rings. The minimum Gasteiger partial charge on any atom is -0.465 e. The summed E-state index contributed by atoms with van der Waals surface area (Å²) in [7, 11) is -4.64. The molecule has 0 aliphatic rings. The van der Waals surface area contributed by atoms with E-state index in [-0.39, 0.29) is 0 Å². The van der Waals surface area contributed by atoms with Crippen molar-refractivity contribution < 1.29 is 24.0 Å². The Morgan fingerprint density at radius 3 is 1.80 bits per heavy atom. The average molecular weight is 294 g/mol. The third kappa shape index (κ3) is 9.08. The van der Waals surface area contributed by atoms with Crippen LogP contribution < -0.4 is 4.74 Å². The minimum absolute atomic E-state index is 0.852. The second kappa shape index (κ2) is 8.30. The molecule has 0 atom stereocenters. The van der Waals surface area contributed by atoms with Gasteiger partial charge in [0.2, 0.25) is 0 Å². The highest BCUT2D eigenvalue weighted by Gasteiger charge is 2.00. The van der Waals surface area contributed by atoms with Crippen molar-refractivity contribution in [1.29, 1.82) is 0 Å². The fraction of sp³-hybridized carbons (Fsp3) is 0. The van der Waals surface area contributed by atoms with E-state index in [2.05, 4.69) is 0 Å². The van der Waals surface area contributed by atoms with Gasteiger partial charge in [-0.2, -0.15) is 0 Å². The first-order valence-corrected chi connectivity index (χ1v) is 7.23. The van der Waals surface area contributed by atoms with Crippen LogP contribution in [0.5, 0.6) is 5.75 Å². The van der Waals surface area contributed by atoms with Crippen LogP contribution >= 0.6 is 7.82 Å². The SMILES string of the molecule is C(=C\c1ccccc1)/Oc1ccccc1.O=P(O)(O)O. The van der Waals surface area contributed by atoms with E-state index in [1.165, 1.54) is 0 Å². The molecule has 0 spiro atoms. The molecular formula is C14H15O5P. The third-order valence-electron chi connectivity index (χ3n) is 2.01. The number of hydrogen-bond acceptors (Lipinski definition) is 2. The van der Waals surface area contributed by atoms with Crippen LogP contribution in [-0.2, 0) is 4.57 Å². The van der Waals surface area contributed by atoms with Crippen LogP contribution in [0.3, 0.4) is 0 Å². The molecule has 0 unspecified atom stereocenters. The summed E-state index contributed by atoms with van der Waals surface area (Å²) in [5.41, 5.74) is 1.13. The Morgan fingerprint density at radius 1 is 0.850 bits per heavy atom. The average Bonchev–Trinajstić information content (AvgIpc) is 2.39. The summed E-state index contributed by atoms with van der Waals surface area (Å²) in [5.74, 6) is 0.852. The van der Waals surface area contributed by atoms with E-state index in [1.807, 2.05) is 66.7 Å². The van der Waals surface area contributed by atoms with Crippen LogP contribution in [0.15, 0.2) is 66.9 Å². The molecule has 2 aromatic carbocycles. The molecule has 0 aliphatic carbocycles. The third-order valence-corrected chi connectivity index (χ3v) is 2.01. The van der Waals surface area contributed by atoms with Gasteiger partial charge in [0.15, 0.2) is 0 Å². The van der Waals surface area contributed by atoms with Gasteiger partial charge in [-0.05, 0) is 23.8 Å². The zero-order chi connectivity index (χ0) is 14.8. The molecule has 3 N–H and O–H groups in total. The number of rotatable bonds is 3. The fourth-order valence-corrected chi connectivity index (χ4v) is 1.25. The second-order valence-corrected chi connectivity index (χ2v) is 4.68. The fourth-order valence-electron chi connectivity index (χ4n) is 1.25. The molecule has 5 nitrogen and oxygen atoms in total. The number of benzene rings is 2. The van der Waals surface area contributed by atoms with Crippen molar-refractivity contribution in [3.05, 3.63) is 72.5 Å². The molecule has 0 aromatic heterocycles. The van der Waals surface area contributed by atoms with Crippen molar-refractivity contribution in [2.24, 2.45) is 0 Å². The van der Waals surface area contributed by atoms with E-state index in [9.17, 15) is 0 Å². The molecule has 2 rings (SSSR count). The number of phosphoric acid groups is 1. The molecule has 0 radical (unpaired) electrons. The Bertz CT molecular complexity index is 554. The lowest BCUT2D eigenvalue weighted by Crippen LogP contribution is -1.80. The van der Waals surface area contributed by atoms with Crippen molar-refractivity contribution in [2.75, 3.05) is 0 Å². The first kappa shape index (κ1) is 16.1. The molecule has 0 amide bonds. The Hall–Kier alpha value is -1.91. The first-order chi connectivity index (χ1) is 9.45. The Balaban J connectivity index is 0.000000347. The Morgan fingerprint density at radius 2 is 1.30 bits per heavy atom. The molecule has 106 valence electrons. The maximum absolute atomic E-state index is 8.88. The number of para-hydroxylation sites is 1.